The van der Waals surface area contributed by atoms with E-state index < -0.39 is 72.0 Å². The minimum absolute atomic E-state index is 0.437. The Hall–Kier alpha value is -2.72. The number of esters is 2. The largest absolute Gasteiger partial charge is 0.481 e. The van der Waals surface area contributed by atoms with Gasteiger partial charge in [-0.15, -0.1) is 0 Å². The Morgan fingerprint density at radius 1 is 0.643 bits per heavy atom. The summed E-state index contributed by atoms with van der Waals surface area (Å²) >= 11 is 0. The van der Waals surface area contributed by atoms with Crippen molar-refractivity contribution in [3.05, 3.63) is 24.3 Å². The van der Waals surface area contributed by atoms with Gasteiger partial charge < -0.3 is 29.2 Å². The summed E-state index contributed by atoms with van der Waals surface area (Å²) in [7, 11) is 2.49. The highest BCUT2D eigenvalue weighted by molar-refractivity contribution is 5.84. The Bertz CT molecular complexity index is 679. The smallest absolute Gasteiger partial charge is 0.312 e. The van der Waals surface area contributed by atoms with E-state index in [9.17, 15) is 19.2 Å². The van der Waals surface area contributed by atoms with Gasteiger partial charge >= 0.3 is 23.9 Å². The predicted octanol–water partition coefficient (Wildman–Crippen LogP) is -0.373. The van der Waals surface area contributed by atoms with Gasteiger partial charge in [-0.3, -0.25) is 19.2 Å². The molecule has 0 aromatic rings. The quantitative estimate of drug-likeness (QED) is 0.476. The lowest BCUT2D eigenvalue weighted by Crippen LogP contribution is -2.36. The topological polar surface area (TPSA) is 146 Å². The number of carbonyl (C=O) groups is 4. The van der Waals surface area contributed by atoms with Gasteiger partial charge in [0, 0.05) is 0 Å². The lowest BCUT2D eigenvalue weighted by atomic mass is 9.83. The van der Waals surface area contributed by atoms with Crippen LogP contribution in [0.2, 0.25) is 0 Å². The molecule has 0 aromatic carbocycles. The highest BCUT2D eigenvalue weighted by Crippen LogP contribution is 2.40. The molecule has 0 aliphatic carbocycles. The van der Waals surface area contributed by atoms with E-state index in [1.807, 2.05) is 0 Å². The molecule has 0 aromatic heterocycles. The second kappa shape index (κ2) is 7.72. The fourth-order valence-corrected chi connectivity index (χ4v) is 4.04. The number of aliphatic carboxylic acids is 2. The molecular formula is C18H20O10. The van der Waals surface area contributed by atoms with Crippen LogP contribution in [0, 0.1) is 23.7 Å². The molecule has 0 unspecified atom stereocenters. The van der Waals surface area contributed by atoms with Crippen LogP contribution in [0.3, 0.4) is 0 Å². The summed E-state index contributed by atoms with van der Waals surface area (Å²) in [6.07, 6.45) is 4.95. The lowest BCUT2D eigenvalue weighted by molar-refractivity contribution is -0.154. The monoisotopic (exact) mass is 396 g/mol. The van der Waals surface area contributed by atoms with E-state index in [1.165, 1.54) is 14.2 Å². The number of rotatable bonds is 4. The Kier molecular flexibility index (Phi) is 5.52. The summed E-state index contributed by atoms with van der Waals surface area (Å²) in [5.41, 5.74) is 0. The SMILES string of the molecule is COC(=O)[C@@H]1[C@H](C(=O)O)[C@H]2C=C[C@@H]1O2.COC(=O)[C@H]1[C@@H](C(=O)O)[C@@H]2C=C[C@H]1O2. The number of carboxylic acids is 2. The third kappa shape index (κ3) is 3.29. The van der Waals surface area contributed by atoms with Crippen LogP contribution in [0.4, 0.5) is 0 Å². The van der Waals surface area contributed by atoms with Crippen LogP contribution < -0.4 is 0 Å². The van der Waals surface area contributed by atoms with E-state index in [0.717, 1.165) is 0 Å². The summed E-state index contributed by atoms with van der Waals surface area (Å²) in [5.74, 6) is -6.09. The molecule has 0 saturated carbocycles. The third-order valence-corrected chi connectivity index (χ3v) is 5.32. The summed E-state index contributed by atoms with van der Waals surface area (Å²) < 4.78 is 19.7. The normalized spacial score (nSPS) is 38.6. The fourth-order valence-electron chi connectivity index (χ4n) is 4.04. The van der Waals surface area contributed by atoms with Crippen molar-refractivity contribution in [2.24, 2.45) is 23.7 Å². The second-order valence-electron chi connectivity index (χ2n) is 6.73. The standard InChI is InChI=1S/2C9H10O5/c2*1-13-9(12)7-5-3-2-4(14-5)6(7)8(10)11/h2*2-7H,1H3,(H,10,11)/t2*4-,5+,6-,7+/m10/s1. The van der Waals surface area contributed by atoms with Gasteiger partial charge in [-0.25, -0.2) is 0 Å². The van der Waals surface area contributed by atoms with Crippen LogP contribution in [-0.4, -0.2) is 72.7 Å². The van der Waals surface area contributed by atoms with Crippen LogP contribution in [0.1, 0.15) is 0 Å². The molecular weight excluding hydrogens is 376 g/mol. The number of fused-ring (bicyclic) bond motifs is 4. The van der Waals surface area contributed by atoms with Crippen molar-refractivity contribution in [2.75, 3.05) is 14.2 Å². The van der Waals surface area contributed by atoms with Crippen molar-refractivity contribution in [1.82, 2.24) is 0 Å². The van der Waals surface area contributed by atoms with Crippen molar-refractivity contribution < 1.29 is 48.3 Å². The van der Waals surface area contributed by atoms with E-state index in [1.54, 1.807) is 24.3 Å². The van der Waals surface area contributed by atoms with Crippen LogP contribution in [0.5, 0.6) is 0 Å². The molecule has 0 radical (unpaired) electrons. The van der Waals surface area contributed by atoms with Crippen molar-refractivity contribution in [3.63, 3.8) is 0 Å². The van der Waals surface area contributed by atoms with E-state index in [2.05, 4.69) is 9.47 Å². The van der Waals surface area contributed by atoms with Crippen molar-refractivity contribution >= 4 is 23.9 Å². The molecule has 2 saturated heterocycles. The van der Waals surface area contributed by atoms with Crippen LogP contribution in [-0.2, 0) is 38.1 Å². The minimum Gasteiger partial charge on any atom is -0.481 e. The minimum atomic E-state index is -1.02. The highest BCUT2D eigenvalue weighted by Gasteiger charge is 2.54. The maximum absolute atomic E-state index is 11.3. The summed E-state index contributed by atoms with van der Waals surface area (Å²) in [4.78, 5) is 44.4. The van der Waals surface area contributed by atoms with E-state index >= 15 is 0 Å². The zero-order valence-electron chi connectivity index (χ0n) is 15.1. The first-order valence-corrected chi connectivity index (χ1v) is 8.59. The van der Waals surface area contributed by atoms with Gasteiger partial charge in [0.1, 0.15) is 23.7 Å². The van der Waals surface area contributed by atoms with Gasteiger partial charge in [-0.05, 0) is 0 Å². The highest BCUT2D eigenvalue weighted by atomic mass is 16.5. The van der Waals surface area contributed by atoms with Crippen molar-refractivity contribution in [2.45, 2.75) is 24.4 Å². The number of methoxy groups -OCH3 is 2. The third-order valence-electron chi connectivity index (χ3n) is 5.32. The average Bonchev–Trinajstić information content (AvgIpc) is 3.45. The summed E-state index contributed by atoms with van der Waals surface area (Å²) in [5, 5.41) is 17.9. The van der Waals surface area contributed by atoms with E-state index in [-0.39, 0.29) is 0 Å². The van der Waals surface area contributed by atoms with Crippen molar-refractivity contribution in [1.29, 1.82) is 0 Å². The molecule has 4 aliphatic rings. The zero-order chi connectivity index (χ0) is 20.6. The molecule has 2 fully saturated rings. The number of hydrogen-bond acceptors (Lipinski definition) is 8. The number of hydrogen-bond donors (Lipinski definition) is 2. The van der Waals surface area contributed by atoms with Gasteiger partial charge in [-0.2, -0.15) is 0 Å². The number of carbonyl (C=O) groups excluding carboxylic acids is 2. The molecule has 28 heavy (non-hydrogen) atoms. The van der Waals surface area contributed by atoms with Crippen LogP contribution >= 0.6 is 0 Å². The summed E-state index contributed by atoms with van der Waals surface area (Å²) in [6.45, 7) is 0. The summed E-state index contributed by atoms with van der Waals surface area (Å²) in [6, 6.07) is 0. The van der Waals surface area contributed by atoms with Crippen molar-refractivity contribution in [3.8, 4) is 0 Å². The molecule has 8 atom stereocenters. The van der Waals surface area contributed by atoms with E-state index in [4.69, 9.17) is 19.7 Å². The van der Waals surface area contributed by atoms with E-state index in [0.29, 0.717) is 0 Å². The zero-order valence-corrected chi connectivity index (χ0v) is 15.1. The molecule has 10 heteroatoms. The van der Waals surface area contributed by atoms with Gasteiger partial charge in [0.2, 0.25) is 0 Å². The molecule has 152 valence electrons. The molecule has 0 amide bonds. The van der Waals surface area contributed by atoms with Gasteiger partial charge in [0.25, 0.3) is 0 Å². The first-order valence-electron chi connectivity index (χ1n) is 8.59. The molecule has 4 heterocycles. The predicted molar refractivity (Wildman–Crippen MR) is 88.9 cm³/mol. The molecule has 2 N–H and O–H groups in total. The van der Waals surface area contributed by atoms with Crippen LogP contribution in [0.25, 0.3) is 0 Å². The van der Waals surface area contributed by atoms with Gasteiger partial charge in [0.05, 0.1) is 38.6 Å². The van der Waals surface area contributed by atoms with Crippen LogP contribution in [0.15, 0.2) is 24.3 Å². The lowest BCUT2D eigenvalue weighted by Gasteiger charge is -2.18. The number of carboxylic acid groups (broad SMARTS) is 2. The molecule has 4 aliphatic heterocycles. The first-order chi connectivity index (χ1) is 13.3. The Labute approximate surface area is 159 Å². The Morgan fingerprint density at radius 3 is 1.18 bits per heavy atom. The van der Waals surface area contributed by atoms with Gasteiger partial charge in [0.15, 0.2) is 0 Å². The number of ether oxygens (including phenoxy) is 4. The molecule has 4 bridgehead atoms. The Balaban J connectivity index is 0.000000161. The van der Waals surface area contributed by atoms with Gasteiger partial charge in [-0.1, -0.05) is 24.3 Å². The Morgan fingerprint density at radius 2 is 0.929 bits per heavy atom. The maximum atomic E-state index is 11.3. The second-order valence-corrected chi connectivity index (χ2v) is 6.73. The maximum Gasteiger partial charge on any atom is 0.312 e. The molecule has 4 rings (SSSR count). The fraction of sp³-hybridized carbons (Fsp3) is 0.556. The average molecular weight is 396 g/mol. The molecule has 10 nitrogen and oxygen atoms in total. The first kappa shape index (κ1) is 20.0. The molecule has 0 spiro atoms.